The van der Waals surface area contributed by atoms with Crippen molar-refractivity contribution >= 4 is 5.71 Å². The van der Waals surface area contributed by atoms with Crippen molar-refractivity contribution in [1.82, 2.24) is 0 Å². The molecule has 1 heterocycles. The quantitative estimate of drug-likeness (QED) is 0.540. The summed E-state index contributed by atoms with van der Waals surface area (Å²) in [5.41, 5.74) is 2.12. The standard InChI is InChI=1S/C10H13N/c1-8(2)10-5-4-9(3)6-7-11-10/h4-8H,3H2,1-2H3. The lowest BCUT2D eigenvalue weighted by molar-refractivity contribution is 0.889. The largest absolute Gasteiger partial charge is 0.261 e. The van der Waals surface area contributed by atoms with Crippen molar-refractivity contribution in [2.24, 2.45) is 10.9 Å². The van der Waals surface area contributed by atoms with Crippen molar-refractivity contribution in [1.29, 1.82) is 0 Å². The summed E-state index contributed by atoms with van der Waals surface area (Å²) in [4.78, 5) is 4.26. The molecule has 0 fully saturated rings. The fourth-order valence-corrected chi connectivity index (χ4v) is 0.852. The van der Waals surface area contributed by atoms with E-state index in [-0.39, 0.29) is 0 Å². The van der Waals surface area contributed by atoms with Crippen LogP contribution < -0.4 is 0 Å². The van der Waals surface area contributed by atoms with Crippen LogP contribution in [0.1, 0.15) is 13.8 Å². The van der Waals surface area contributed by atoms with Gasteiger partial charge in [-0.2, -0.15) is 0 Å². The summed E-state index contributed by atoms with van der Waals surface area (Å²) < 4.78 is 0. The van der Waals surface area contributed by atoms with Crippen LogP contribution in [0.25, 0.3) is 0 Å². The van der Waals surface area contributed by atoms with Gasteiger partial charge in [0.1, 0.15) is 0 Å². The highest BCUT2D eigenvalue weighted by atomic mass is 14.7. The van der Waals surface area contributed by atoms with Gasteiger partial charge in [-0.3, -0.25) is 4.99 Å². The van der Waals surface area contributed by atoms with Gasteiger partial charge in [-0.25, -0.2) is 0 Å². The summed E-state index contributed by atoms with van der Waals surface area (Å²) in [7, 11) is 0. The maximum atomic E-state index is 4.26. The van der Waals surface area contributed by atoms with Gasteiger partial charge in [-0.05, 0) is 23.6 Å². The highest BCUT2D eigenvalue weighted by molar-refractivity contribution is 5.97. The zero-order valence-electron chi connectivity index (χ0n) is 7.04. The minimum atomic E-state index is 0.488. The Balaban J connectivity index is 2.84. The molecule has 58 valence electrons. The molecule has 1 heteroatoms. The molecule has 0 atom stereocenters. The number of allylic oxidation sites excluding steroid dienone is 4. The second kappa shape index (κ2) is 3.33. The molecule has 0 saturated heterocycles. The van der Waals surface area contributed by atoms with Gasteiger partial charge < -0.3 is 0 Å². The van der Waals surface area contributed by atoms with Crippen LogP contribution in [0.2, 0.25) is 0 Å². The highest BCUT2D eigenvalue weighted by Gasteiger charge is 2.00. The van der Waals surface area contributed by atoms with Crippen LogP contribution in [0.4, 0.5) is 0 Å². The average molecular weight is 147 g/mol. The zero-order valence-corrected chi connectivity index (χ0v) is 7.04. The summed E-state index contributed by atoms with van der Waals surface area (Å²) >= 11 is 0. The number of rotatable bonds is 1. The molecule has 0 aromatic rings. The maximum Gasteiger partial charge on any atom is 0.0429 e. The van der Waals surface area contributed by atoms with E-state index in [1.807, 2.05) is 18.2 Å². The summed E-state index contributed by atoms with van der Waals surface area (Å²) in [6, 6.07) is 0. The minimum absolute atomic E-state index is 0.488. The first-order valence-electron chi connectivity index (χ1n) is 3.81. The first-order chi connectivity index (χ1) is 5.20. The molecule has 1 aliphatic rings. The van der Waals surface area contributed by atoms with E-state index >= 15 is 0 Å². The Hall–Kier alpha value is -1.11. The second-order valence-electron chi connectivity index (χ2n) is 2.93. The molecule has 0 saturated carbocycles. The topological polar surface area (TPSA) is 12.4 Å². The molecular weight excluding hydrogens is 134 g/mol. The summed E-state index contributed by atoms with van der Waals surface area (Å²) in [6.07, 6.45) is 7.72. The Morgan fingerprint density at radius 1 is 1.27 bits per heavy atom. The summed E-state index contributed by atoms with van der Waals surface area (Å²) in [5.74, 6) is 0.488. The Kier molecular flexibility index (Phi) is 2.42. The molecule has 0 bridgehead atoms. The van der Waals surface area contributed by atoms with Crippen LogP contribution in [0, 0.1) is 5.92 Å². The van der Waals surface area contributed by atoms with Crippen molar-refractivity contribution in [2.75, 3.05) is 0 Å². The molecule has 1 aliphatic heterocycles. The van der Waals surface area contributed by atoms with Gasteiger partial charge in [0.2, 0.25) is 0 Å². The third kappa shape index (κ3) is 2.19. The van der Waals surface area contributed by atoms with Gasteiger partial charge in [0.05, 0.1) is 0 Å². The molecule has 0 amide bonds. The molecule has 0 radical (unpaired) electrons. The van der Waals surface area contributed by atoms with Crippen LogP contribution >= 0.6 is 0 Å². The van der Waals surface area contributed by atoms with Crippen LogP contribution in [-0.2, 0) is 0 Å². The molecule has 0 spiro atoms. The van der Waals surface area contributed by atoms with E-state index < -0.39 is 0 Å². The number of hydrogen-bond acceptors (Lipinski definition) is 1. The van der Waals surface area contributed by atoms with Gasteiger partial charge in [-0.15, -0.1) is 0 Å². The Morgan fingerprint density at radius 3 is 2.64 bits per heavy atom. The van der Waals surface area contributed by atoms with Crippen molar-refractivity contribution in [3.63, 3.8) is 0 Å². The SMILES string of the molecule is C=C1C=CN=C(C(C)C)C=C1. The fourth-order valence-electron chi connectivity index (χ4n) is 0.852. The van der Waals surface area contributed by atoms with Crippen LogP contribution in [0.15, 0.2) is 41.6 Å². The van der Waals surface area contributed by atoms with E-state index in [2.05, 4.69) is 25.4 Å². The van der Waals surface area contributed by atoms with Gasteiger partial charge in [-0.1, -0.05) is 26.5 Å². The lowest BCUT2D eigenvalue weighted by Gasteiger charge is -2.00. The van der Waals surface area contributed by atoms with Crippen LogP contribution in [0.3, 0.4) is 0 Å². The summed E-state index contributed by atoms with van der Waals surface area (Å²) in [5, 5.41) is 0. The predicted octanol–water partition coefficient (Wildman–Crippen LogP) is 2.72. The van der Waals surface area contributed by atoms with E-state index in [4.69, 9.17) is 0 Å². The number of aliphatic imine (C=N–C) groups is 1. The van der Waals surface area contributed by atoms with Crippen molar-refractivity contribution in [3.05, 3.63) is 36.6 Å². The van der Waals surface area contributed by atoms with Crippen molar-refractivity contribution < 1.29 is 0 Å². The number of nitrogens with zero attached hydrogens (tertiary/aromatic N) is 1. The van der Waals surface area contributed by atoms with E-state index in [0.717, 1.165) is 11.3 Å². The highest BCUT2D eigenvalue weighted by Crippen LogP contribution is 2.06. The first kappa shape index (κ1) is 7.99. The molecule has 0 aromatic carbocycles. The van der Waals surface area contributed by atoms with Gasteiger partial charge >= 0.3 is 0 Å². The van der Waals surface area contributed by atoms with Gasteiger partial charge in [0.25, 0.3) is 0 Å². The van der Waals surface area contributed by atoms with E-state index in [1.54, 1.807) is 6.20 Å². The maximum absolute atomic E-state index is 4.26. The van der Waals surface area contributed by atoms with Crippen molar-refractivity contribution in [3.8, 4) is 0 Å². The van der Waals surface area contributed by atoms with Gasteiger partial charge in [0, 0.05) is 11.9 Å². The van der Waals surface area contributed by atoms with E-state index in [9.17, 15) is 0 Å². The van der Waals surface area contributed by atoms with Crippen LogP contribution in [0.5, 0.6) is 0 Å². The molecule has 0 aliphatic carbocycles. The lowest BCUT2D eigenvalue weighted by atomic mass is 10.1. The first-order valence-corrected chi connectivity index (χ1v) is 3.81. The summed E-state index contributed by atoms with van der Waals surface area (Å²) in [6.45, 7) is 8.08. The molecule has 0 aromatic heterocycles. The molecule has 11 heavy (non-hydrogen) atoms. The molecular formula is C10H13N. The molecule has 0 unspecified atom stereocenters. The monoisotopic (exact) mass is 147 g/mol. The third-order valence-corrected chi connectivity index (χ3v) is 1.57. The zero-order chi connectivity index (χ0) is 8.27. The average Bonchev–Trinajstić information content (AvgIpc) is 2.13. The normalized spacial score (nSPS) is 17.0. The smallest absolute Gasteiger partial charge is 0.0429 e. The van der Waals surface area contributed by atoms with Crippen molar-refractivity contribution in [2.45, 2.75) is 13.8 Å². The minimum Gasteiger partial charge on any atom is -0.261 e. The Labute approximate surface area is 67.8 Å². The van der Waals surface area contributed by atoms with Crippen LogP contribution in [-0.4, -0.2) is 5.71 Å². The molecule has 1 rings (SSSR count). The molecule has 1 nitrogen and oxygen atoms in total. The molecule has 0 N–H and O–H groups in total. The fraction of sp³-hybridized carbons (Fsp3) is 0.300. The van der Waals surface area contributed by atoms with Gasteiger partial charge in [0.15, 0.2) is 0 Å². The third-order valence-electron chi connectivity index (χ3n) is 1.57. The van der Waals surface area contributed by atoms with E-state index in [1.165, 1.54) is 0 Å². The second-order valence-corrected chi connectivity index (χ2v) is 2.93. The Bertz CT molecular complexity index is 242. The Morgan fingerprint density at radius 2 is 2.00 bits per heavy atom. The predicted molar refractivity (Wildman–Crippen MR) is 49.7 cm³/mol. The number of hydrogen-bond donors (Lipinski definition) is 0. The van der Waals surface area contributed by atoms with E-state index in [0.29, 0.717) is 5.92 Å². The lowest BCUT2D eigenvalue weighted by Crippen LogP contribution is -2.02.